The van der Waals surface area contributed by atoms with Gasteiger partial charge in [-0.3, -0.25) is 4.79 Å². The minimum atomic E-state index is -1.83. The van der Waals surface area contributed by atoms with Crippen molar-refractivity contribution in [2.45, 2.75) is 12.5 Å². The molecule has 1 atom stereocenters. The largest absolute Gasteiger partial charge is 0.503 e. The average Bonchev–Trinajstić information content (AvgIpc) is 1.98. The maximum atomic E-state index is 10.1. The number of hydrogen-bond acceptors (Lipinski definition) is 4. The van der Waals surface area contributed by atoms with Crippen LogP contribution in [0.2, 0.25) is 0 Å². The molecule has 0 aliphatic rings. The second kappa shape index (κ2) is 16.6. The Kier molecular flexibility index (Phi) is 27.1. The molecular weight excluding hydrogens is 318 g/mol. The van der Waals surface area contributed by atoms with E-state index in [0.29, 0.717) is 6.42 Å². The number of hydrogen-bond donors (Lipinski definition) is 4. The van der Waals surface area contributed by atoms with E-state index in [4.69, 9.17) is 25.8 Å². The topological polar surface area (TPSA) is 121 Å². The molecule has 9 heteroatoms. The summed E-state index contributed by atoms with van der Waals surface area (Å²) in [7, 11) is 0. The molecule has 0 spiro atoms. The monoisotopic (exact) mass is 330 g/mol. The molecule has 6 nitrogen and oxygen atoms in total. The molecule has 1 radical (unpaired) electrons. The predicted octanol–water partition coefficient (Wildman–Crippen LogP) is 0.369. The molecule has 0 amide bonds. The first-order valence-corrected chi connectivity index (χ1v) is 4.70. The van der Waals surface area contributed by atoms with E-state index in [1.54, 1.807) is 11.8 Å². The van der Waals surface area contributed by atoms with E-state index in [2.05, 4.69) is 0 Å². The summed E-state index contributed by atoms with van der Waals surface area (Å²) < 4.78 is 0. The van der Waals surface area contributed by atoms with Crippen LogP contribution in [-0.4, -0.2) is 45.5 Å². The molecule has 0 saturated carbocycles. The summed E-state index contributed by atoms with van der Waals surface area (Å²) in [5, 5.41) is 22.2. The van der Waals surface area contributed by atoms with Crippen molar-refractivity contribution in [1.82, 2.24) is 0 Å². The summed E-state index contributed by atoms with van der Waals surface area (Å²) in [6, 6.07) is -0.683. The molecule has 0 heterocycles. The third kappa shape index (κ3) is 31.4. The minimum Gasteiger partial charge on any atom is -0.480 e. The summed E-state index contributed by atoms with van der Waals surface area (Å²) in [6.45, 7) is 0. The Hall–Kier alpha value is 0.193. The van der Waals surface area contributed by atoms with Crippen molar-refractivity contribution in [2.24, 2.45) is 5.73 Å². The van der Waals surface area contributed by atoms with E-state index in [0.717, 1.165) is 5.75 Å². The van der Waals surface area contributed by atoms with Crippen molar-refractivity contribution < 1.29 is 61.5 Å². The first-order chi connectivity index (χ1) is 5.91. The number of thioether (sulfide) groups is 1. The van der Waals surface area contributed by atoms with Crippen LogP contribution in [-0.2, 0) is 41.3 Å². The maximum Gasteiger partial charge on any atom is 0.503 e. The quantitative estimate of drug-likeness (QED) is 0.549. The Morgan fingerprint density at radius 2 is 1.67 bits per heavy atom. The summed E-state index contributed by atoms with van der Waals surface area (Å²) in [4.78, 5) is 18.6. The van der Waals surface area contributed by atoms with Gasteiger partial charge in [-0.2, -0.15) is 11.8 Å². The molecule has 0 aliphatic carbocycles. The van der Waals surface area contributed by atoms with Crippen molar-refractivity contribution in [3.63, 3.8) is 0 Å². The molecule has 0 aromatic heterocycles. The zero-order valence-electron chi connectivity index (χ0n) is 8.22. The smallest absolute Gasteiger partial charge is 0.480 e. The van der Waals surface area contributed by atoms with E-state index in [1.807, 2.05) is 6.26 Å². The molecular formula is C6H13MnNO5SZn. The molecule has 0 rings (SSSR count). The number of aliphatic carboxylic acids is 1. The molecule has 0 unspecified atom stereocenters. The van der Waals surface area contributed by atoms with Gasteiger partial charge in [-0.15, -0.1) is 0 Å². The van der Waals surface area contributed by atoms with Gasteiger partial charge in [-0.05, 0) is 18.4 Å². The SMILES string of the molecule is CSCC[C@H](N)C(=O)O.O=C(O)O.[Mn].[Zn]. The Balaban J connectivity index is -0.0000000883. The number of carbonyl (C=O) groups is 2. The van der Waals surface area contributed by atoms with E-state index in [-0.39, 0.29) is 36.5 Å². The van der Waals surface area contributed by atoms with E-state index in [1.165, 1.54) is 0 Å². The molecule has 5 N–H and O–H groups in total. The van der Waals surface area contributed by atoms with Gasteiger partial charge in [0.05, 0.1) is 0 Å². The van der Waals surface area contributed by atoms with Gasteiger partial charge in [-0.1, -0.05) is 0 Å². The summed E-state index contributed by atoms with van der Waals surface area (Å²) >= 11 is 1.60. The Morgan fingerprint density at radius 3 is 1.87 bits per heavy atom. The summed E-state index contributed by atoms with van der Waals surface area (Å²) in [5.41, 5.74) is 5.19. The second-order valence-electron chi connectivity index (χ2n) is 2.01. The van der Waals surface area contributed by atoms with Crippen molar-refractivity contribution in [2.75, 3.05) is 12.0 Å². The molecule has 0 fully saturated rings. The first kappa shape index (κ1) is 24.4. The second-order valence-corrected chi connectivity index (χ2v) is 2.99. The number of carboxylic acid groups (broad SMARTS) is 3. The van der Waals surface area contributed by atoms with Crippen LogP contribution in [0.1, 0.15) is 6.42 Å². The van der Waals surface area contributed by atoms with Gasteiger partial charge in [0.15, 0.2) is 0 Å². The normalized spacial score (nSPS) is 9.47. The number of nitrogens with two attached hydrogens (primary N) is 1. The van der Waals surface area contributed by atoms with Gasteiger partial charge in [0.25, 0.3) is 0 Å². The van der Waals surface area contributed by atoms with Gasteiger partial charge in [0.1, 0.15) is 6.04 Å². The Morgan fingerprint density at radius 1 is 1.33 bits per heavy atom. The Bertz CT molecular complexity index is 170. The van der Waals surface area contributed by atoms with Crippen LogP contribution in [0.4, 0.5) is 4.79 Å². The molecule has 87 valence electrons. The minimum absolute atomic E-state index is 0. The molecule has 15 heavy (non-hydrogen) atoms. The van der Waals surface area contributed by atoms with Gasteiger partial charge in [-0.25, -0.2) is 4.79 Å². The van der Waals surface area contributed by atoms with Crippen molar-refractivity contribution in [3.05, 3.63) is 0 Å². The van der Waals surface area contributed by atoms with Crippen LogP contribution in [0.5, 0.6) is 0 Å². The molecule has 0 bridgehead atoms. The van der Waals surface area contributed by atoms with Gasteiger partial charge in [0, 0.05) is 36.5 Å². The standard InChI is InChI=1S/C5H11NO2S.CH2O3.Mn.Zn/c1-9-3-2-4(6)5(7)8;2-1(3)4;;/h4H,2-3,6H2,1H3,(H,7,8);(H2,2,3,4);;/t4-;;;/m0.../s1. The average molecular weight is 332 g/mol. The predicted molar refractivity (Wildman–Crippen MR) is 49.3 cm³/mol. The van der Waals surface area contributed by atoms with Crippen LogP contribution in [0.3, 0.4) is 0 Å². The third-order valence-corrected chi connectivity index (χ3v) is 1.59. The van der Waals surface area contributed by atoms with Crippen LogP contribution in [0.15, 0.2) is 0 Å². The van der Waals surface area contributed by atoms with Crippen LogP contribution < -0.4 is 5.73 Å². The van der Waals surface area contributed by atoms with E-state index < -0.39 is 18.2 Å². The first-order valence-electron chi connectivity index (χ1n) is 3.31. The molecule has 0 aliphatic heterocycles. The van der Waals surface area contributed by atoms with Gasteiger partial charge >= 0.3 is 12.1 Å². The summed E-state index contributed by atoms with van der Waals surface area (Å²) in [6.07, 6.45) is 0.644. The maximum absolute atomic E-state index is 10.1. The fourth-order valence-corrected chi connectivity index (χ4v) is 0.858. The van der Waals surface area contributed by atoms with Gasteiger partial charge < -0.3 is 21.1 Å². The van der Waals surface area contributed by atoms with E-state index in [9.17, 15) is 4.79 Å². The van der Waals surface area contributed by atoms with Crippen LogP contribution in [0, 0.1) is 0 Å². The molecule has 0 aromatic rings. The van der Waals surface area contributed by atoms with E-state index >= 15 is 0 Å². The molecule has 0 aromatic carbocycles. The van der Waals surface area contributed by atoms with Crippen LogP contribution in [0.25, 0.3) is 0 Å². The zero-order valence-corrected chi connectivity index (χ0v) is 13.2. The summed E-state index contributed by atoms with van der Waals surface area (Å²) in [5.74, 6) is -0.1000. The van der Waals surface area contributed by atoms with Crippen LogP contribution >= 0.6 is 11.8 Å². The number of carboxylic acids is 1. The molecule has 0 saturated heterocycles. The van der Waals surface area contributed by atoms with Gasteiger partial charge in [0.2, 0.25) is 0 Å². The van der Waals surface area contributed by atoms with Crippen molar-refractivity contribution in [3.8, 4) is 0 Å². The van der Waals surface area contributed by atoms with Crippen molar-refractivity contribution >= 4 is 23.9 Å². The zero-order chi connectivity index (χ0) is 10.9. The van der Waals surface area contributed by atoms with Crippen molar-refractivity contribution in [1.29, 1.82) is 0 Å². The fraction of sp³-hybridized carbons (Fsp3) is 0.667. The third-order valence-electron chi connectivity index (χ3n) is 0.950. The Labute approximate surface area is 115 Å². The fourth-order valence-electron chi connectivity index (χ4n) is 0.368. The number of rotatable bonds is 4.